The maximum Gasteiger partial charge on any atom is 0.481 e. The zero-order chi connectivity index (χ0) is 22.4. The average molecular weight is 472 g/mol. The van der Waals surface area contributed by atoms with E-state index in [4.69, 9.17) is 25.0 Å². The summed E-state index contributed by atoms with van der Waals surface area (Å²) >= 11 is 0. The maximum atomic E-state index is 12.1. The number of phosphoric acid groups is 2. The van der Waals surface area contributed by atoms with E-state index in [0.29, 0.717) is 0 Å². The van der Waals surface area contributed by atoms with Gasteiger partial charge in [-0.2, -0.15) is 13.9 Å². The molecule has 30 heavy (non-hydrogen) atoms. The van der Waals surface area contributed by atoms with Gasteiger partial charge in [-0.3, -0.25) is 14.3 Å². The number of nitrogens with one attached hydrogen (secondary N) is 1. The Balaban J connectivity index is 1.87. The first-order chi connectivity index (χ1) is 13.8. The summed E-state index contributed by atoms with van der Waals surface area (Å²) in [5.41, 5.74) is 5.30. The molecule has 3 heterocycles. The van der Waals surface area contributed by atoms with Gasteiger partial charge in [0.05, 0.1) is 13.7 Å². The molecule has 168 valence electrons. The third-order valence-electron chi connectivity index (χ3n) is 4.26. The number of nitrogens with zero attached hydrogens (tertiary/aromatic N) is 3. The van der Waals surface area contributed by atoms with Crippen molar-refractivity contribution >= 4 is 32.8 Å². The third-order valence-corrected chi connectivity index (χ3v) is 6.41. The van der Waals surface area contributed by atoms with Crippen LogP contribution in [0.4, 0.5) is 5.95 Å². The number of hydrogen-bond donors (Lipinski definition) is 6. The fourth-order valence-corrected chi connectivity index (χ4v) is 4.75. The summed E-state index contributed by atoms with van der Waals surface area (Å²) in [6.07, 6.45) is -3.32. The van der Waals surface area contributed by atoms with E-state index in [2.05, 4.69) is 18.8 Å². The fraction of sp³-hybridized carbons (Fsp3) is 0.583. The second kappa shape index (κ2) is 8.09. The minimum atomic E-state index is -5.30. The summed E-state index contributed by atoms with van der Waals surface area (Å²) in [5.74, 6) is -0.168. The monoisotopic (exact) mass is 472 g/mol. The number of aromatic nitrogens is 4. The van der Waals surface area contributed by atoms with Crippen molar-refractivity contribution in [2.45, 2.75) is 24.5 Å². The van der Waals surface area contributed by atoms with Crippen LogP contribution in [0, 0.1) is 0 Å². The number of rotatable bonds is 7. The van der Waals surface area contributed by atoms with Crippen molar-refractivity contribution in [2.75, 3.05) is 19.5 Å². The molecule has 16 nitrogen and oxygen atoms in total. The molecular weight excluding hydrogens is 452 g/mol. The fourth-order valence-electron chi connectivity index (χ4n) is 3.16. The number of nitrogens with two attached hydrogens (primary N) is 1. The summed E-state index contributed by atoms with van der Waals surface area (Å²) < 4.78 is 44.3. The number of methoxy groups -OCH3 is 1. The molecule has 0 aromatic carbocycles. The van der Waals surface area contributed by atoms with Gasteiger partial charge in [0.1, 0.15) is 18.3 Å². The number of hydrogen-bond acceptors (Lipinski definition) is 10. The highest BCUT2D eigenvalue weighted by molar-refractivity contribution is 7.60. The second-order valence-electron chi connectivity index (χ2n) is 6.35. The second-order valence-corrected chi connectivity index (χ2v) is 9.18. The molecule has 0 amide bonds. The topological polar surface area (TPSA) is 233 Å². The molecule has 2 aromatic heterocycles. The number of phosphoric ester groups is 1. The van der Waals surface area contributed by atoms with Gasteiger partial charge in [-0.25, -0.2) is 13.7 Å². The molecule has 1 unspecified atom stereocenters. The highest BCUT2D eigenvalue weighted by Crippen LogP contribution is 2.57. The molecule has 1 fully saturated rings. The first kappa shape index (κ1) is 23.0. The van der Waals surface area contributed by atoms with Crippen molar-refractivity contribution in [3.05, 3.63) is 16.7 Å². The van der Waals surface area contributed by atoms with E-state index in [-0.39, 0.29) is 17.1 Å². The van der Waals surface area contributed by atoms with Crippen molar-refractivity contribution in [3.8, 4) is 0 Å². The molecule has 7 N–H and O–H groups in total. The number of ether oxygens (including phenoxy) is 2. The molecule has 0 aliphatic carbocycles. The molecule has 1 saturated heterocycles. The molecule has 0 bridgehead atoms. The Bertz CT molecular complexity index is 1100. The predicted molar refractivity (Wildman–Crippen MR) is 95.6 cm³/mol. The van der Waals surface area contributed by atoms with E-state index in [1.807, 2.05) is 0 Å². The maximum absolute atomic E-state index is 12.1. The van der Waals surface area contributed by atoms with Crippen LogP contribution in [0.15, 0.2) is 11.1 Å². The van der Waals surface area contributed by atoms with Crippen molar-refractivity contribution in [1.82, 2.24) is 14.5 Å². The molecule has 0 spiro atoms. The SMILES string of the molecule is CO[C@H]1[C@@H](O)[C@H](n2c[n+](C)c3c(=O)[nH]c(N)nc32)O[C@@H]1COP(=O)(O)OP(=O)(O)O. The number of aliphatic hydroxyl groups excluding tert-OH is 1. The number of aliphatic hydroxyl groups is 1. The van der Waals surface area contributed by atoms with Crippen molar-refractivity contribution in [1.29, 1.82) is 0 Å². The first-order valence-electron chi connectivity index (χ1n) is 8.19. The summed E-state index contributed by atoms with van der Waals surface area (Å²) in [5, 5.41) is 10.6. The minimum absolute atomic E-state index is 0.0943. The van der Waals surface area contributed by atoms with Crippen LogP contribution >= 0.6 is 15.6 Å². The Hall–Kier alpha value is -1.71. The standard InChI is InChI=1S/C12H19N5O11P2/c1-16-4-17(9-6(16)10(19)15-12(13)14-9)11-7(18)8(25-2)5(27-11)3-26-30(23,24)28-29(20,21)22/h4-5,7-8,11,18H,3H2,1-2H3,(H5-,13,14,15,19,20,21,22,23,24)/p+1/t5-,7-,8-,11-/m1/s1. The van der Waals surface area contributed by atoms with E-state index >= 15 is 0 Å². The molecule has 0 radical (unpaired) electrons. The minimum Gasteiger partial charge on any atom is -0.383 e. The van der Waals surface area contributed by atoms with Gasteiger partial charge in [0.25, 0.3) is 11.2 Å². The van der Waals surface area contributed by atoms with Crippen LogP contribution in [0.3, 0.4) is 0 Å². The van der Waals surface area contributed by atoms with Gasteiger partial charge in [-0.05, 0) is 0 Å². The highest BCUT2D eigenvalue weighted by Gasteiger charge is 2.49. The Labute approximate surface area is 167 Å². The molecular formula is C12H20N5O11P2+. The quantitative estimate of drug-likeness (QED) is 0.183. The lowest BCUT2D eigenvalue weighted by molar-refractivity contribution is -0.646. The Morgan fingerprint density at radius 1 is 1.40 bits per heavy atom. The molecule has 1 aliphatic heterocycles. The summed E-state index contributed by atoms with van der Waals surface area (Å²) in [6, 6.07) is 0. The van der Waals surface area contributed by atoms with E-state index < -0.39 is 52.4 Å². The van der Waals surface area contributed by atoms with Crippen LogP contribution in [0.1, 0.15) is 6.23 Å². The van der Waals surface area contributed by atoms with Gasteiger partial charge >= 0.3 is 21.2 Å². The largest absolute Gasteiger partial charge is 0.481 e. The number of aryl methyl sites for hydroxylation is 1. The molecule has 0 saturated carbocycles. The number of aromatic amines is 1. The average Bonchev–Trinajstić information content (AvgIpc) is 3.07. The Kier molecular flexibility index (Phi) is 6.19. The number of nitrogen functional groups attached to an aromatic ring is 1. The Morgan fingerprint density at radius 2 is 2.07 bits per heavy atom. The lowest BCUT2D eigenvalue weighted by Gasteiger charge is -2.19. The van der Waals surface area contributed by atoms with Gasteiger partial charge in [0.15, 0.2) is 0 Å². The summed E-state index contributed by atoms with van der Waals surface area (Å²) in [6.45, 7) is -0.721. The smallest absolute Gasteiger partial charge is 0.383 e. The molecule has 18 heteroatoms. The number of H-pyrrole nitrogens is 1. The van der Waals surface area contributed by atoms with Crippen molar-refractivity contribution in [3.63, 3.8) is 0 Å². The van der Waals surface area contributed by atoms with Gasteiger partial charge < -0.3 is 35.0 Å². The van der Waals surface area contributed by atoms with E-state index in [1.165, 1.54) is 22.6 Å². The van der Waals surface area contributed by atoms with Crippen LogP contribution < -0.4 is 15.9 Å². The number of anilines is 1. The van der Waals surface area contributed by atoms with Crippen molar-refractivity contribution < 1.29 is 51.8 Å². The van der Waals surface area contributed by atoms with Gasteiger partial charge in [0, 0.05) is 7.11 Å². The molecule has 5 atom stereocenters. The van der Waals surface area contributed by atoms with Gasteiger partial charge in [-0.1, -0.05) is 0 Å². The third kappa shape index (κ3) is 4.63. The van der Waals surface area contributed by atoms with E-state index in [0.717, 1.165) is 0 Å². The number of fused-ring (bicyclic) bond motifs is 1. The van der Waals surface area contributed by atoms with Crippen LogP contribution in [0.2, 0.25) is 0 Å². The molecule has 3 rings (SSSR count). The molecule has 1 aliphatic rings. The van der Waals surface area contributed by atoms with Crippen LogP contribution in [-0.2, 0) is 34.5 Å². The first-order valence-corrected chi connectivity index (χ1v) is 11.2. The lowest BCUT2D eigenvalue weighted by Crippen LogP contribution is -2.35. The van der Waals surface area contributed by atoms with Crippen molar-refractivity contribution in [2.24, 2.45) is 7.05 Å². The summed E-state index contributed by atoms with van der Waals surface area (Å²) in [7, 11) is -7.62. The predicted octanol–water partition coefficient (Wildman–Crippen LogP) is -2.37. The van der Waals surface area contributed by atoms with Gasteiger partial charge in [0.2, 0.25) is 18.5 Å². The van der Waals surface area contributed by atoms with Crippen LogP contribution in [-0.4, -0.2) is 66.4 Å². The van der Waals surface area contributed by atoms with E-state index in [1.54, 1.807) is 7.05 Å². The molecule has 2 aromatic rings. The zero-order valence-corrected chi connectivity index (χ0v) is 17.3. The Morgan fingerprint density at radius 3 is 2.67 bits per heavy atom. The normalized spacial score (nSPS) is 26.9. The van der Waals surface area contributed by atoms with Gasteiger partial charge in [-0.15, -0.1) is 0 Å². The highest BCUT2D eigenvalue weighted by atomic mass is 31.3. The summed E-state index contributed by atoms with van der Waals surface area (Å²) in [4.78, 5) is 45.3. The van der Waals surface area contributed by atoms with Crippen LogP contribution in [0.5, 0.6) is 0 Å². The lowest BCUT2D eigenvalue weighted by atomic mass is 10.1. The zero-order valence-electron chi connectivity index (χ0n) is 15.6. The van der Waals surface area contributed by atoms with E-state index in [9.17, 15) is 23.9 Å². The number of imidazole rings is 1. The van der Waals surface area contributed by atoms with Crippen LogP contribution in [0.25, 0.3) is 11.2 Å².